The molecule has 0 aromatic heterocycles. The van der Waals surface area contributed by atoms with E-state index in [1.54, 1.807) is 0 Å². The van der Waals surface area contributed by atoms with Crippen LogP contribution in [-0.4, -0.2) is 0 Å². The van der Waals surface area contributed by atoms with E-state index >= 15 is 0 Å². The topological polar surface area (TPSA) is 0 Å². The van der Waals surface area contributed by atoms with Gasteiger partial charge in [-0.2, -0.15) is 0 Å². The van der Waals surface area contributed by atoms with Crippen LogP contribution in [0, 0.1) is 0 Å². The number of unbranched alkanes of at least 4 members (excludes halogenated alkanes) is 24. The van der Waals surface area contributed by atoms with E-state index in [9.17, 15) is 0 Å². The van der Waals surface area contributed by atoms with Gasteiger partial charge < -0.3 is 0 Å². The van der Waals surface area contributed by atoms with Crippen molar-refractivity contribution in [3.63, 3.8) is 0 Å². The lowest BCUT2D eigenvalue weighted by atomic mass is 9.93. The van der Waals surface area contributed by atoms with Gasteiger partial charge in [-0.1, -0.05) is 525 Å². The quantitative estimate of drug-likeness (QED) is 0.0263. The van der Waals surface area contributed by atoms with Gasteiger partial charge in [0.2, 0.25) is 0 Å². The first kappa shape index (κ1) is 98.2. The predicted octanol–water partition coefficient (Wildman–Crippen LogP) is 39.0. The molecule has 0 aliphatic carbocycles. The second kappa shape index (κ2) is 56.8. The van der Waals surface area contributed by atoms with Crippen LogP contribution in [0.15, 0.2) is 267 Å². The number of hydrogen-bond acceptors (Lipinski definition) is 0. The molecular formula is C128H156. The molecule has 0 radical (unpaired) electrons. The third kappa shape index (κ3) is 34.6. The molecule has 12 aromatic rings. The van der Waals surface area contributed by atoms with Crippen molar-refractivity contribution in [3.05, 3.63) is 356 Å². The summed E-state index contributed by atoms with van der Waals surface area (Å²) in [6.45, 7) is 18.4. The van der Waals surface area contributed by atoms with Gasteiger partial charge in [0.15, 0.2) is 0 Å². The van der Waals surface area contributed by atoms with Crippen LogP contribution in [0.1, 0.15) is 350 Å². The molecule has 0 heteroatoms. The van der Waals surface area contributed by atoms with Gasteiger partial charge in [0.25, 0.3) is 0 Å². The molecule has 12 rings (SSSR count). The van der Waals surface area contributed by atoms with E-state index in [0.29, 0.717) is 0 Å². The fraction of sp³-hybridized carbons (Fsp3) is 0.375. The Labute approximate surface area is 778 Å². The SMILES string of the molecule is CCCCCCc1cc(CCCCCC)cc(-c2ccc(-c3ccc(/C=C/c4ccc(/C=C/c5ccc(-c6ccc(-c7cc(CCCCCC)cc(CCCCCC)c7)cc6)cc5)cc4)cc3)cc2)c1.CCCCCCc1cc(CCCCCC)cc(-c2ccc(/C=C/c3ccc(/C=C/c4ccc(-c5cc(CCCCCC)cc(CCCCCC)c5)cc4)cc3)cc2)c1. The van der Waals surface area contributed by atoms with Crippen LogP contribution in [0.4, 0.5) is 0 Å². The lowest BCUT2D eigenvalue weighted by Gasteiger charge is -2.12. The average Bonchev–Trinajstić information content (AvgIpc) is 0.833. The van der Waals surface area contributed by atoms with Crippen molar-refractivity contribution in [1.82, 2.24) is 0 Å². The van der Waals surface area contributed by atoms with Crippen LogP contribution >= 0.6 is 0 Å². The van der Waals surface area contributed by atoms with E-state index in [0.717, 1.165) is 0 Å². The van der Waals surface area contributed by atoms with Gasteiger partial charge in [-0.3, -0.25) is 0 Å². The zero-order chi connectivity index (χ0) is 89.2. The Hall–Kier alpha value is -10.4. The molecule has 0 fully saturated rings. The summed E-state index contributed by atoms with van der Waals surface area (Å²) < 4.78 is 0. The van der Waals surface area contributed by atoms with Crippen molar-refractivity contribution in [2.24, 2.45) is 0 Å². The summed E-state index contributed by atoms with van der Waals surface area (Å²) >= 11 is 0. The van der Waals surface area contributed by atoms with Crippen LogP contribution in [-0.2, 0) is 51.4 Å². The molecule has 0 saturated carbocycles. The highest BCUT2D eigenvalue weighted by Crippen LogP contribution is 2.34. The van der Waals surface area contributed by atoms with Crippen LogP contribution in [0.25, 0.3) is 115 Å². The maximum absolute atomic E-state index is 2.48. The highest BCUT2D eigenvalue weighted by atomic mass is 14.2. The van der Waals surface area contributed by atoms with E-state index in [2.05, 4.69) is 371 Å². The third-order valence-corrected chi connectivity index (χ3v) is 25.9. The predicted molar refractivity (Wildman–Crippen MR) is 570 cm³/mol. The Morgan fingerprint density at radius 2 is 0.227 bits per heavy atom. The van der Waals surface area contributed by atoms with Crippen molar-refractivity contribution in [2.45, 2.75) is 312 Å². The molecular weight excluding hydrogens is 1540 g/mol. The van der Waals surface area contributed by atoms with Gasteiger partial charge in [0.05, 0.1) is 0 Å². The summed E-state index contributed by atoms with van der Waals surface area (Å²) in [5.41, 5.74) is 37.4. The highest BCUT2D eigenvalue weighted by molar-refractivity contribution is 5.80. The lowest BCUT2D eigenvalue weighted by molar-refractivity contribution is 0.661. The van der Waals surface area contributed by atoms with Crippen molar-refractivity contribution >= 4 is 48.6 Å². The molecule has 0 atom stereocenters. The van der Waals surface area contributed by atoms with E-state index < -0.39 is 0 Å². The second-order valence-corrected chi connectivity index (χ2v) is 36.9. The Kier molecular flexibility index (Phi) is 43.6. The molecule has 0 aliphatic rings. The summed E-state index contributed by atoms with van der Waals surface area (Å²) in [6, 6.07) is 102. The molecule has 0 bridgehead atoms. The fourth-order valence-electron chi connectivity index (χ4n) is 18.0. The third-order valence-electron chi connectivity index (χ3n) is 25.9. The molecule has 12 aromatic carbocycles. The first-order valence-electron chi connectivity index (χ1n) is 51.1. The van der Waals surface area contributed by atoms with Crippen LogP contribution in [0.3, 0.4) is 0 Å². The molecule has 0 nitrogen and oxygen atoms in total. The smallest absolute Gasteiger partial charge is 0.0179 e. The van der Waals surface area contributed by atoms with Crippen LogP contribution < -0.4 is 0 Å². The van der Waals surface area contributed by atoms with Gasteiger partial charge in [-0.25, -0.2) is 0 Å². The van der Waals surface area contributed by atoms with Gasteiger partial charge in [-0.05, 0) is 259 Å². The molecule has 0 N–H and O–H groups in total. The summed E-state index contributed by atoms with van der Waals surface area (Å²) in [5, 5.41) is 0. The largest absolute Gasteiger partial charge is 0.0654 e. The molecule has 0 amide bonds. The molecule has 0 spiro atoms. The summed E-state index contributed by atoms with van der Waals surface area (Å²) in [7, 11) is 0. The molecule has 0 saturated heterocycles. The average molecular weight is 1690 g/mol. The maximum Gasteiger partial charge on any atom is -0.0179 e. The van der Waals surface area contributed by atoms with Crippen LogP contribution in [0.2, 0.25) is 0 Å². The highest BCUT2D eigenvalue weighted by Gasteiger charge is 2.13. The lowest BCUT2D eigenvalue weighted by Crippen LogP contribution is -1.93. The fourth-order valence-corrected chi connectivity index (χ4v) is 18.0. The number of rotatable bonds is 54. The summed E-state index contributed by atoms with van der Waals surface area (Å²) in [4.78, 5) is 0. The monoisotopic (exact) mass is 1690 g/mol. The molecule has 0 aliphatic heterocycles. The standard InChI is InChI=1S/C70H82.C58H74/c1-5-9-13-17-21-59-49-60(22-18-14-10-6-2)52-69(51-59)67-45-41-65(42-46-67)63-37-33-57(34-38-63)31-29-55-25-27-56(28-26-55)30-32-58-35-39-64(40-36-58)66-43-47-68(48-44-66)70-53-61(23-19-15-11-7-3)50-62(54-70)24-20-16-12-8-4;1-5-9-13-17-21-51-41-52(22-18-14-10-6-2)44-57(43-51)55-37-33-49(34-38-55)31-29-47-25-27-48(28-26-47)30-32-50-35-39-56(40-36-50)58-45-53(23-19-15-11-7-3)42-54(46-58)24-20-16-12-8-4/h25-54H,5-24H2,1-4H3;25-46H,5-24H2,1-4H3/b2*31-29+,32-30+. The van der Waals surface area contributed by atoms with E-state index in [-0.39, 0.29) is 0 Å². The Bertz CT molecular complexity index is 4770. The molecule has 0 unspecified atom stereocenters. The molecule has 0 heterocycles. The maximum atomic E-state index is 2.48. The Morgan fingerprint density at radius 3 is 0.352 bits per heavy atom. The zero-order valence-corrected chi connectivity index (χ0v) is 80.3. The zero-order valence-electron chi connectivity index (χ0n) is 80.3. The number of hydrogen-bond donors (Lipinski definition) is 0. The minimum atomic E-state index is 1.18. The summed E-state index contributed by atoms with van der Waals surface area (Å²) in [5.74, 6) is 0. The van der Waals surface area contributed by atoms with Crippen molar-refractivity contribution in [2.75, 3.05) is 0 Å². The second-order valence-electron chi connectivity index (χ2n) is 36.9. The Balaban J connectivity index is 0.000000253. The van der Waals surface area contributed by atoms with E-state index in [1.165, 1.54) is 413 Å². The van der Waals surface area contributed by atoms with Gasteiger partial charge in [-0.15, -0.1) is 0 Å². The van der Waals surface area contributed by atoms with Gasteiger partial charge in [0.1, 0.15) is 0 Å². The minimum Gasteiger partial charge on any atom is -0.0654 e. The van der Waals surface area contributed by atoms with Crippen molar-refractivity contribution in [3.8, 4) is 66.8 Å². The first-order valence-corrected chi connectivity index (χ1v) is 51.1. The number of aryl methyl sites for hydroxylation is 8. The Morgan fingerprint density at radius 1 is 0.117 bits per heavy atom. The molecule has 668 valence electrons. The van der Waals surface area contributed by atoms with Gasteiger partial charge >= 0.3 is 0 Å². The minimum absolute atomic E-state index is 1.18. The summed E-state index contributed by atoms with van der Waals surface area (Å²) in [6.07, 6.45) is 69.1. The molecule has 128 heavy (non-hydrogen) atoms. The van der Waals surface area contributed by atoms with Crippen molar-refractivity contribution in [1.29, 1.82) is 0 Å². The van der Waals surface area contributed by atoms with E-state index in [1.807, 2.05) is 0 Å². The van der Waals surface area contributed by atoms with Gasteiger partial charge in [0, 0.05) is 0 Å². The van der Waals surface area contributed by atoms with Crippen molar-refractivity contribution < 1.29 is 0 Å². The van der Waals surface area contributed by atoms with Crippen LogP contribution in [0.5, 0.6) is 0 Å². The number of benzene rings is 12. The normalized spacial score (nSPS) is 11.6. The van der Waals surface area contributed by atoms with E-state index in [4.69, 9.17) is 0 Å². The first-order chi connectivity index (χ1) is 63.1.